The lowest BCUT2D eigenvalue weighted by atomic mass is 9.64. The minimum Gasteiger partial charge on any atom is -0.299 e. The second kappa shape index (κ2) is 1.66. The maximum absolute atomic E-state index is 12.2. The fourth-order valence-electron chi connectivity index (χ4n) is 6.72. The molecule has 6 saturated carbocycles. The standard InChI is InChI=1S/C12H13BrO/c1-12-8-4-2-3-5(6(4)11(12)13)9(12)10(14)7(3)8/h3-9,11H,2H2,1H3/t3-,4+,5-,6+,7-,8+,9-,11-,12-/m0/s1. The van der Waals surface area contributed by atoms with E-state index in [0.717, 1.165) is 29.6 Å². The Morgan fingerprint density at radius 2 is 2.14 bits per heavy atom. The normalized spacial score (nSPS) is 80.3. The molecule has 74 valence electrons. The zero-order valence-electron chi connectivity index (χ0n) is 8.11. The summed E-state index contributed by atoms with van der Waals surface area (Å²) in [4.78, 5) is 12.9. The maximum atomic E-state index is 12.2. The van der Waals surface area contributed by atoms with E-state index in [1.807, 2.05) is 0 Å². The lowest BCUT2D eigenvalue weighted by Gasteiger charge is -2.38. The minimum absolute atomic E-state index is 0.370. The molecular formula is C12H13BrO. The van der Waals surface area contributed by atoms with Crippen LogP contribution in [-0.2, 0) is 4.79 Å². The SMILES string of the molecule is C[C@]12[C@@H]3[C@@H]4C[C@@H]5[C@@H]3C(=O)[C@@H]1[C@@H]5[C@@H]4[C@@H]2Br. The molecule has 14 heavy (non-hydrogen) atoms. The van der Waals surface area contributed by atoms with Gasteiger partial charge in [-0.2, -0.15) is 0 Å². The third kappa shape index (κ3) is 0.391. The van der Waals surface area contributed by atoms with Crippen molar-refractivity contribution in [3.8, 4) is 0 Å². The summed E-state index contributed by atoms with van der Waals surface area (Å²) in [5.74, 6) is 5.85. The van der Waals surface area contributed by atoms with Crippen molar-refractivity contribution in [3.05, 3.63) is 0 Å². The summed E-state index contributed by atoms with van der Waals surface area (Å²) in [6.07, 6.45) is 1.39. The van der Waals surface area contributed by atoms with Gasteiger partial charge in [-0.3, -0.25) is 4.79 Å². The maximum Gasteiger partial charge on any atom is 0.140 e. The molecular weight excluding hydrogens is 240 g/mol. The fraction of sp³-hybridized carbons (Fsp3) is 0.917. The lowest BCUT2D eigenvalue weighted by molar-refractivity contribution is -0.122. The Hall–Kier alpha value is 0.150. The second-order valence-electron chi connectivity index (χ2n) is 6.42. The number of Topliss-reactive ketones (excluding diaryl/α,β-unsaturated/α-hetero) is 1. The van der Waals surface area contributed by atoms with E-state index in [-0.39, 0.29) is 0 Å². The van der Waals surface area contributed by atoms with Crippen molar-refractivity contribution in [1.82, 2.24) is 0 Å². The molecule has 0 aliphatic heterocycles. The molecule has 0 aromatic carbocycles. The van der Waals surface area contributed by atoms with E-state index in [2.05, 4.69) is 22.9 Å². The molecule has 9 atom stereocenters. The van der Waals surface area contributed by atoms with Gasteiger partial charge in [-0.15, -0.1) is 0 Å². The Bertz CT molecular complexity index is 390. The van der Waals surface area contributed by atoms with Crippen molar-refractivity contribution in [2.45, 2.75) is 18.2 Å². The molecule has 0 spiro atoms. The number of ketones is 1. The first-order valence-corrected chi connectivity index (χ1v) is 6.76. The fourth-order valence-corrected chi connectivity index (χ4v) is 8.05. The molecule has 6 bridgehead atoms. The van der Waals surface area contributed by atoms with Gasteiger partial charge in [-0.1, -0.05) is 22.9 Å². The van der Waals surface area contributed by atoms with E-state index in [1.54, 1.807) is 0 Å². The number of halogens is 1. The van der Waals surface area contributed by atoms with Crippen LogP contribution in [0.15, 0.2) is 0 Å². The average Bonchev–Trinajstić information content (AvgIpc) is 2.81. The largest absolute Gasteiger partial charge is 0.299 e. The van der Waals surface area contributed by atoms with E-state index in [0.29, 0.717) is 27.9 Å². The summed E-state index contributed by atoms with van der Waals surface area (Å²) in [5.41, 5.74) is 0.370. The van der Waals surface area contributed by atoms with Crippen molar-refractivity contribution in [2.75, 3.05) is 0 Å². The van der Waals surface area contributed by atoms with Gasteiger partial charge in [-0.25, -0.2) is 0 Å². The lowest BCUT2D eigenvalue weighted by Crippen LogP contribution is -2.37. The quantitative estimate of drug-likeness (QED) is 0.604. The summed E-state index contributed by atoms with van der Waals surface area (Å²) in [6, 6.07) is 0. The topological polar surface area (TPSA) is 17.1 Å². The van der Waals surface area contributed by atoms with Gasteiger partial charge in [0, 0.05) is 16.7 Å². The molecule has 0 aromatic heterocycles. The molecule has 0 unspecified atom stereocenters. The summed E-state index contributed by atoms with van der Waals surface area (Å²) < 4.78 is 0. The van der Waals surface area contributed by atoms with E-state index in [1.165, 1.54) is 6.42 Å². The Morgan fingerprint density at radius 1 is 1.36 bits per heavy atom. The van der Waals surface area contributed by atoms with E-state index in [9.17, 15) is 4.79 Å². The van der Waals surface area contributed by atoms with Crippen LogP contribution in [0, 0.1) is 46.8 Å². The molecule has 6 aliphatic carbocycles. The number of hydrogen-bond acceptors (Lipinski definition) is 1. The predicted octanol–water partition coefficient (Wildman–Crippen LogP) is 2.10. The molecule has 0 radical (unpaired) electrons. The highest BCUT2D eigenvalue weighted by Crippen LogP contribution is 2.86. The molecule has 0 heterocycles. The molecule has 6 rings (SSSR count). The molecule has 6 aliphatic rings. The number of alkyl halides is 1. The highest BCUT2D eigenvalue weighted by molar-refractivity contribution is 9.09. The Morgan fingerprint density at radius 3 is 2.86 bits per heavy atom. The molecule has 2 heteroatoms. The minimum atomic E-state index is 0.370. The van der Waals surface area contributed by atoms with Crippen LogP contribution in [-0.4, -0.2) is 10.6 Å². The van der Waals surface area contributed by atoms with Crippen LogP contribution in [0.1, 0.15) is 13.3 Å². The summed E-state index contributed by atoms with van der Waals surface area (Å²) in [7, 11) is 0. The zero-order valence-corrected chi connectivity index (χ0v) is 9.70. The van der Waals surface area contributed by atoms with Gasteiger partial charge in [0.25, 0.3) is 0 Å². The van der Waals surface area contributed by atoms with Crippen molar-refractivity contribution in [1.29, 1.82) is 0 Å². The second-order valence-corrected chi connectivity index (χ2v) is 7.40. The Balaban J connectivity index is 1.92. The number of hydrogen-bond donors (Lipinski definition) is 0. The predicted molar refractivity (Wildman–Crippen MR) is 54.9 cm³/mol. The molecule has 0 aromatic rings. The van der Waals surface area contributed by atoms with Crippen LogP contribution < -0.4 is 0 Å². The molecule has 0 N–H and O–H groups in total. The molecule has 0 saturated heterocycles. The summed E-state index contributed by atoms with van der Waals surface area (Å²) in [6.45, 7) is 2.40. The van der Waals surface area contributed by atoms with Gasteiger partial charge in [0.2, 0.25) is 0 Å². The first-order chi connectivity index (χ1) is 6.67. The van der Waals surface area contributed by atoms with Crippen LogP contribution in [0.25, 0.3) is 0 Å². The van der Waals surface area contributed by atoms with Crippen LogP contribution in [0.4, 0.5) is 0 Å². The summed E-state index contributed by atoms with van der Waals surface area (Å²) in [5, 5.41) is 0. The van der Waals surface area contributed by atoms with Gasteiger partial charge in [0.15, 0.2) is 0 Å². The van der Waals surface area contributed by atoms with Crippen molar-refractivity contribution in [3.63, 3.8) is 0 Å². The van der Waals surface area contributed by atoms with Crippen LogP contribution >= 0.6 is 15.9 Å². The smallest absolute Gasteiger partial charge is 0.140 e. The number of carbonyl (C=O) groups excluding carboxylic acids is 1. The monoisotopic (exact) mass is 252 g/mol. The van der Waals surface area contributed by atoms with Crippen molar-refractivity contribution < 1.29 is 4.79 Å². The molecule has 0 amide bonds. The highest BCUT2D eigenvalue weighted by Gasteiger charge is 2.87. The molecule has 6 fully saturated rings. The number of rotatable bonds is 0. The van der Waals surface area contributed by atoms with Gasteiger partial charge in [0.1, 0.15) is 5.78 Å². The third-order valence-corrected chi connectivity index (χ3v) is 8.22. The van der Waals surface area contributed by atoms with Gasteiger partial charge < -0.3 is 0 Å². The van der Waals surface area contributed by atoms with E-state index in [4.69, 9.17) is 0 Å². The van der Waals surface area contributed by atoms with Gasteiger partial charge in [-0.05, 0) is 41.4 Å². The average molecular weight is 253 g/mol. The Labute approximate surface area is 91.8 Å². The highest BCUT2D eigenvalue weighted by atomic mass is 79.9. The van der Waals surface area contributed by atoms with Gasteiger partial charge >= 0.3 is 0 Å². The Kier molecular flexibility index (Phi) is 0.883. The zero-order chi connectivity index (χ0) is 9.40. The first-order valence-electron chi connectivity index (χ1n) is 5.85. The van der Waals surface area contributed by atoms with E-state index >= 15 is 0 Å². The van der Waals surface area contributed by atoms with Gasteiger partial charge in [0.05, 0.1) is 0 Å². The number of carbonyl (C=O) groups is 1. The van der Waals surface area contributed by atoms with Crippen molar-refractivity contribution >= 4 is 21.7 Å². The third-order valence-electron chi connectivity index (χ3n) is 6.63. The molecule has 1 nitrogen and oxygen atoms in total. The van der Waals surface area contributed by atoms with Crippen LogP contribution in [0.5, 0.6) is 0 Å². The van der Waals surface area contributed by atoms with Crippen LogP contribution in [0.3, 0.4) is 0 Å². The summed E-state index contributed by atoms with van der Waals surface area (Å²) >= 11 is 3.92. The van der Waals surface area contributed by atoms with E-state index < -0.39 is 0 Å². The van der Waals surface area contributed by atoms with Crippen LogP contribution in [0.2, 0.25) is 0 Å². The van der Waals surface area contributed by atoms with Crippen molar-refractivity contribution in [2.24, 2.45) is 46.8 Å². The first kappa shape index (κ1) is 7.43.